The highest BCUT2D eigenvalue weighted by Gasteiger charge is 2.21. The van der Waals surface area contributed by atoms with Crippen molar-refractivity contribution in [3.63, 3.8) is 0 Å². The van der Waals surface area contributed by atoms with Gasteiger partial charge in [0.15, 0.2) is 0 Å². The summed E-state index contributed by atoms with van der Waals surface area (Å²) in [6, 6.07) is 17.5. The summed E-state index contributed by atoms with van der Waals surface area (Å²) < 4.78 is 0. The zero-order valence-corrected chi connectivity index (χ0v) is 13.6. The maximum absolute atomic E-state index is 3.59. The van der Waals surface area contributed by atoms with E-state index in [9.17, 15) is 0 Å². The molecule has 3 rings (SSSR count). The van der Waals surface area contributed by atoms with Gasteiger partial charge in [-0.25, -0.2) is 0 Å². The first-order valence-electron chi connectivity index (χ1n) is 8.15. The van der Waals surface area contributed by atoms with Crippen LogP contribution in [0.2, 0.25) is 0 Å². The van der Waals surface area contributed by atoms with Gasteiger partial charge in [-0.1, -0.05) is 50.2 Å². The summed E-state index contributed by atoms with van der Waals surface area (Å²) in [6.45, 7) is 8.90. The Labute approximate surface area is 133 Å². The number of anilines is 2. The van der Waals surface area contributed by atoms with Crippen LogP contribution in [0.15, 0.2) is 48.5 Å². The maximum Gasteiger partial charge on any atom is 0.0461 e. The summed E-state index contributed by atoms with van der Waals surface area (Å²) in [5, 5.41) is 3.59. The highest BCUT2D eigenvalue weighted by Crippen LogP contribution is 2.37. The normalized spacial score (nSPS) is 14.5. The van der Waals surface area contributed by atoms with E-state index in [4.69, 9.17) is 0 Å². The minimum atomic E-state index is 0.393. The molecule has 0 fully saturated rings. The second kappa shape index (κ2) is 6.37. The lowest BCUT2D eigenvalue weighted by Gasteiger charge is -2.29. The first-order valence-corrected chi connectivity index (χ1v) is 8.15. The molecule has 0 aromatic heterocycles. The fraction of sp³-hybridized carbons (Fsp3) is 0.300. The van der Waals surface area contributed by atoms with E-state index in [-0.39, 0.29) is 0 Å². The number of likely N-dealkylation sites (N-methyl/N-ethyl adjacent to an activating group) is 1. The number of nitrogens with one attached hydrogen (secondary N) is 1. The van der Waals surface area contributed by atoms with E-state index in [1.165, 1.54) is 28.1 Å². The van der Waals surface area contributed by atoms with Gasteiger partial charge in [0.05, 0.1) is 0 Å². The van der Waals surface area contributed by atoms with E-state index in [2.05, 4.69) is 85.6 Å². The lowest BCUT2D eigenvalue weighted by Crippen LogP contribution is -2.33. The smallest absolute Gasteiger partial charge is 0.0461 e. The van der Waals surface area contributed by atoms with Gasteiger partial charge in [0, 0.05) is 23.0 Å². The van der Waals surface area contributed by atoms with Crippen molar-refractivity contribution in [3.05, 3.63) is 59.7 Å². The van der Waals surface area contributed by atoms with Crippen LogP contribution in [0.5, 0.6) is 0 Å². The fourth-order valence-corrected chi connectivity index (χ4v) is 3.28. The molecule has 1 N–H and O–H groups in total. The second-order valence-electron chi connectivity index (χ2n) is 5.75. The van der Waals surface area contributed by atoms with Gasteiger partial charge in [-0.2, -0.15) is 0 Å². The van der Waals surface area contributed by atoms with Gasteiger partial charge in [-0.3, -0.25) is 4.90 Å². The molecule has 2 aromatic carbocycles. The molecular formula is C20H24N2. The molecule has 1 atom stereocenters. The number of hydrogen-bond acceptors (Lipinski definition) is 2. The molecule has 0 saturated heterocycles. The monoisotopic (exact) mass is 292 g/mol. The molecule has 0 radical (unpaired) electrons. The Morgan fingerprint density at radius 3 is 2.27 bits per heavy atom. The molecule has 1 heterocycles. The SMILES string of the molecule is CCN(CC)C(C)C1=Cc2ccccc2Nc2ccccc21. The molecule has 1 aliphatic rings. The van der Waals surface area contributed by atoms with Crippen LogP contribution in [-0.2, 0) is 0 Å². The zero-order valence-electron chi connectivity index (χ0n) is 13.6. The van der Waals surface area contributed by atoms with E-state index >= 15 is 0 Å². The quantitative estimate of drug-likeness (QED) is 0.851. The van der Waals surface area contributed by atoms with Crippen molar-refractivity contribution in [1.82, 2.24) is 4.90 Å². The van der Waals surface area contributed by atoms with Crippen LogP contribution in [0.25, 0.3) is 11.6 Å². The van der Waals surface area contributed by atoms with Gasteiger partial charge in [-0.15, -0.1) is 0 Å². The molecular weight excluding hydrogens is 268 g/mol. The van der Waals surface area contributed by atoms with Gasteiger partial charge in [0.1, 0.15) is 0 Å². The van der Waals surface area contributed by atoms with E-state index in [0.717, 1.165) is 13.1 Å². The number of benzene rings is 2. The minimum Gasteiger partial charge on any atom is -0.355 e. The Balaban J connectivity index is 2.15. The van der Waals surface area contributed by atoms with Crippen molar-refractivity contribution >= 4 is 23.0 Å². The van der Waals surface area contributed by atoms with Crippen LogP contribution in [0, 0.1) is 0 Å². The first kappa shape index (κ1) is 14.9. The standard InChI is InChI=1S/C20H24N2/c1-4-22(5-2)15(3)18-14-16-10-6-8-12-19(16)21-20-13-9-7-11-17(18)20/h6-15,21H,4-5H2,1-3H3. The zero-order chi connectivity index (χ0) is 15.5. The number of hydrogen-bond donors (Lipinski definition) is 1. The summed E-state index contributed by atoms with van der Waals surface area (Å²) in [5.74, 6) is 0. The number of rotatable bonds is 4. The Hall–Kier alpha value is -2.06. The molecule has 0 spiro atoms. The molecule has 0 aliphatic carbocycles. The molecule has 2 nitrogen and oxygen atoms in total. The van der Waals surface area contributed by atoms with Crippen molar-refractivity contribution < 1.29 is 0 Å². The first-order chi connectivity index (χ1) is 10.7. The van der Waals surface area contributed by atoms with Crippen molar-refractivity contribution in [1.29, 1.82) is 0 Å². The van der Waals surface area contributed by atoms with Crippen LogP contribution >= 0.6 is 0 Å². The van der Waals surface area contributed by atoms with Crippen LogP contribution in [0.1, 0.15) is 31.9 Å². The maximum atomic E-state index is 3.59. The molecule has 1 unspecified atom stereocenters. The van der Waals surface area contributed by atoms with E-state index in [1.807, 2.05) is 0 Å². The third-order valence-corrected chi connectivity index (χ3v) is 4.59. The van der Waals surface area contributed by atoms with Gasteiger partial charge < -0.3 is 5.32 Å². The van der Waals surface area contributed by atoms with Crippen molar-refractivity contribution in [3.8, 4) is 0 Å². The van der Waals surface area contributed by atoms with Gasteiger partial charge in [-0.05, 0) is 49.4 Å². The summed E-state index contributed by atoms with van der Waals surface area (Å²) in [4.78, 5) is 2.50. The number of para-hydroxylation sites is 2. The van der Waals surface area contributed by atoms with Crippen LogP contribution < -0.4 is 5.32 Å². The molecule has 0 amide bonds. The Morgan fingerprint density at radius 2 is 1.55 bits per heavy atom. The molecule has 0 bridgehead atoms. The highest BCUT2D eigenvalue weighted by atomic mass is 15.1. The third-order valence-electron chi connectivity index (χ3n) is 4.59. The predicted molar refractivity (Wildman–Crippen MR) is 96.4 cm³/mol. The van der Waals surface area contributed by atoms with Crippen molar-refractivity contribution in [2.75, 3.05) is 18.4 Å². The third kappa shape index (κ3) is 2.67. The topological polar surface area (TPSA) is 15.3 Å². The Morgan fingerprint density at radius 1 is 0.909 bits per heavy atom. The summed E-state index contributed by atoms with van der Waals surface area (Å²) >= 11 is 0. The summed E-state index contributed by atoms with van der Waals surface area (Å²) in [6.07, 6.45) is 2.34. The van der Waals surface area contributed by atoms with Crippen LogP contribution in [-0.4, -0.2) is 24.0 Å². The molecule has 114 valence electrons. The molecule has 0 saturated carbocycles. The minimum absolute atomic E-state index is 0.393. The summed E-state index contributed by atoms with van der Waals surface area (Å²) in [7, 11) is 0. The van der Waals surface area contributed by atoms with Gasteiger partial charge >= 0.3 is 0 Å². The second-order valence-corrected chi connectivity index (χ2v) is 5.75. The van der Waals surface area contributed by atoms with Gasteiger partial charge in [0.25, 0.3) is 0 Å². The van der Waals surface area contributed by atoms with E-state index in [1.54, 1.807) is 0 Å². The van der Waals surface area contributed by atoms with E-state index in [0.29, 0.717) is 6.04 Å². The molecule has 2 heteroatoms. The van der Waals surface area contributed by atoms with Gasteiger partial charge in [0.2, 0.25) is 0 Å². The molecule has 22 heavy (non-hydrogen) atoms. The van der Waals surface area contributed by atoms with Crippen LogP contribution in [0.3, 0.4) is 0 Å². The fourth-order valence-electron chi connectivity index (χ4n) is 3.28. The molecule has 1 aliphatic heterocycles. The van der Waals surface area contributed by atoms with Crippen molar-refractivity contribution in [2.45, 2.75) is 26.8 Å². The average Bonchev–Trinajstić information content (AvgIpc) is 2.72. The van der Waals surface area contributed by atoms with Crippen molar-refractivity contribution in [2.24, 2.45) is 0 Å². The summed E-state index contributed by atoms with van der Waals surface area (Å²) in [5.41, 5.74) is 6.32. The average molecular weight is 292 g/mol. The Kier molecular flexibility index (Phi) is 4.30. The predicted octanol–water partition coefficient (Wildman–Crippen LogP) is 5.01. The van der Waals surface area contributed by atoms with Crippen LogP contribution in [0.4, 0.5) is 11.4 Å². The molecule has 2 aromatic rings. The number of fused-ring (bicyclic) bond motifs is 2. The number of nitrogens with zero attached hydrogens (tertiary/aromatic N) is 1. The lowest BCUT2D eigenvalue weighted by atomic mass is 9.95. The largest absolute Gasteiger partial charge is 0.355 e. The van der Waals surface area contributed by atoms with E-state index < -0.39 is 0 Å². The Bertz CT molecular complexity index is 684. The lowest BCUT2D eigenvalue weighted by molar-refractivity contribution is 0.275. The highest BCUT2D eigenvalue weighted by molar-refractivity contribution is 5.95.